The minimum Gasteiger partial charge on any atom is -0.397 e. The Kier molecular flexibility index (Phi) is 3.33. The van der Waals surface area contributed by atoms with Gasteiger partial charge in [-0.15, -0.1) is 0 Å². The molecular formula is C14H20N4O2. The van der Waals surface area contributed by atoms with E-state index in [4.69, 9.17) is 11.5 Å². The number of nitrogen functional groups attached to an aromatic ring is 1. The van der Waals surface area contributed by atoms with Crippen LogP contribution in [0.3, 0.4) is 0 Å². The second-order valence-corrected chi connectivity index (χ2v) is 5.58. The van der Waals surface area contributed by atoms with Gasteiger partial charge in [0.2, 0.25) is 11.8 Å². The van der Waals surface area contributed by atoms with Gasteiger partial charge in [-0.2, -0.15) is 0 Å². The fraction of sp³-hybridized carbons (Fsp3) is 0.429. The molecule has 1 aliphatic rings. The zero-order valence-corrected chi connectivity index (χ0v) is 12.0. The number of nitrogens with zero attached hydrogens (tertiary/aromatic N) is 2. The van der Waals surface area contributed by atoms with E-state index in [1.807, 2.05) is 18.7 Å². The molecule has 1 heterocycles. The Labute approximate surface area is 118 Å². The van der Waals surface area contributed by atoms with Gasteiger partial charge in [0.1, 0.15) is 5.54 Å². The maximum Gasteiger partial charge on any atom is 0.248 e. The van der Waals surface area contributed by atoms with Crippen molar-refractivity contribution < 1.29 is 9.59 Å². The standard InChI is InChI=1S/C14H20N4O2/c1-14(2)13(20)17(3)6-7-18(14)11-8-9(12(16)19)4-5-10(11)15/h4-5,8H,6-7,15H2,1-3H3,(H2,16,19). The Hall–Kier alpha value is -2.24. The third-order valence-electron chi connectivity index (χ3n) is 3.81. The van der Waals surface area contributed by atoms with Crippen molar-refractivity contribution in [1.29, 1.82) is 0 Å². The van der Waals surface area contributed by atoms with Crippen molar-refractivity contribution >= 4 is 23.2 Å². The highest BCUT2D eigenvalue weighted by Gasteiger charge is 2.41. The highest BCUT2D eigenvalue weighted by molar-refractivity contribution is 5.96. The molecule has 0 atom stereocenters. The molecule has 6 heteroatoms. The molecule has 0 aromatic heterocycles. The predicted molar refractivity (Wildman–Crippen MR) is 78.4 cm³/mol. The van der Waals surface area contributed by atoms with E-state index >= 15 is 0 Å². The van der Waals surface area contributed by atoms with Crippen LogP contribution in [-0.2, 0) is 4.79 Å². The first kappa shape index (κ1) is 14.2. The van der Waals surface area contributed by atoms with Crippen LogP contribution in [0, 0.1) is 0 Å². The smallest absolute Gasteiger partial charge is 0.248 e. The van der Waals surface area contributed by atoms with E-state index in [-0.39, 0.29) is 5.91 Å². The van der Waals surface area contributed by atoms with Crippen molar-refractivity contribution in [2.75, 3.05) is 30.8 Å². The Morgan fingerprint density at radius 1 is 1.30 bits per heavy atom. The lowest BCUT2D eigenvalue weighted by Gasteiger charge is -2.46. The number of nitrogens with two attached hydrogens (primary N) is 2. The molecule has 1 aromatic carbocycles. The Balaban J connectivity index is 2.48. The van der Waals surface area contributed by atoms with Crippen LogP contribution >= 0.6 is 0 Å². The number of anilines is 2. The lowest BCUT2D eigenvalue weighted by molar-refractivity contribution is -0.136. The summed E-state index contributed by atoms with van der Waals surface area (Å²) in [6.07, 6.45) is 0. The molecule has 4 N–H and O–H groups in total. The summed E-state index contributed by atoms with van der Waals surface area (Å²) in [5.41, 5.74) is 12.2. The molecule has 0 aliphatic carbocycles. The second-order valence-electron chi connectivity index (χ2n) is 5.58. The average molecular weight is 276 g/mol. The van der Waals surface area contributed by atoms with Gasteiger partial charge in [-0.25, -0.2) is 0 Å². The molecule has 20 heavy (non-hydrogen) atoms. The zero-order valence-electron chi connectivity index (χ0n) is 12.0. The van der Waals surface area contributed by atoms with Crippen LogP contribution in [0.2, 0.25) is 0 Å². The van der Waals surface area contributed by atoms with Gasteiger partial charge < -0.3 is 21.3 Å². The monoisotopic (exact) mass is 276 g/mol. The van der Waals surface area contributed by atoms with Gasteiger partial charge in [0, 0.05) is 25.7 Å². The van der Waals surface area contributed by atoms with Crippen LogP contribution in [0.1, 0.15) is 24.2 Å². The molecule has 0 spiro atoms. The fourth-order valence-corrected chi connectivity index (χ4v) is 2.57. The van der Waals surface area contributed by atoms with E-state index in [9.17, 15) is 9.59 Å². The van der Waals surface area contributed by atoms with Crippen molar-refractivity contribution in [2.24, 2.45) is 5.73 Å². The van der Waals surface area contributed by atoms with Gasteiger partial charge in [0.05, 0.1) is 11.4 Å². The molecule has 2 rings (SSSR count). The quantitative estimate of drug-likeness (QED) is 0.766. The first-order valence-corrected chi connectivity index (χ1v) is 6.47. The van der Waals surface area contributed by atoms with Crippen molar-refractivity contribution in [1.82, 2.24) is 4.90 Å². The molecule has 2 amide bonds. The number of rotatable bonds is 2. The molecule has 108 valence electrons. The molecule has 1 aromatic rings. The van der Waals surface area contributed by atoms with E-state index in [1.165, 1.54) is 0 Å². The van der Waals surface area contributed by atoms with E-state index < -0.39 is 11.4 Å². The summed E-state index contributed by atoms with van der Waals surface area (Å²) >= 11 is 0. The summed E-state index contributed by atoms with van der Waals surface area (Å²) < 4.78 is 0. The third kappa shape index (κ3) is 2.17. The molecule has 1 saturated heterocycles. The average Bonchev–Trinajstić information content (AvgIpc) is 2.37. The predicted octanol–water partition coefficient (Wildman–Crippen LogP) is 0.425. The van der Waals surface area contributed by atoms with E-state index in [2.05, 4.69) is 0 Å². The largest absolute Gasteiger partial charge is 0.397 e. The number of amides is 2. The number of hydrogen-bond donors (Lipinski definition) is 2. The lowest BCUT2D eigenvalue weighted by Crippen LogP contribution is -2.62. The number of piperazine rings is 1. The summed E-state index contributed by atoms with van der Waals surface area (Å²) in [5.74, 6) is -0.489. The highest BCUT2D eigenvalue weighted by Crippen LogP contribution is 2.33. The van der Waals surface area contributed by atoms with Crippen LogP contribution < -0.4 is 16.4 Å². The van der Waals surface area contributed by atoms with Crippen LogP contribution in [0.15, 0.2) is 18.2 Å². The summed E-state index contributed by atoms with van der Waals surface area (Å²) in [7, 11) is 1.78. The molecule has 0 unspecified atom stereocenters. The normalized spacial score (nSPS) is 18.2. The van der Waals surface area contributed by atoms with Crippen molar-refractivity contribution in [3.63, 3.8) is 0 Å². The van der Waals surface area contributed by atoms with Crippen LogP contribution in [-0.4, -0.2) is 42.4 Å². The second kappa shape index (κ2) is 4.70. The third-order valence-corrected chi connectivity index (χ3v) is 3.81. The zero-order chi connectivity index (χ0) is 15.1. The van der Waals surface area contributed by atoms with Gasteiger partial charge >= 0.3 is 0 Å². The van der Waals surface area contributed by atoms with Crippen molar-refractivity contribution in [3.05, 3.63) is 23.8 Å². The molecule has 0 saturated carbocycles. The van der Waals surface area contributed by atoms with Crippen molar-refractivity contribution in [2.45, 2.75) is 19.4 Å². The van der Waals surface area contributed by atoms with Gasteiger partial charge in [-0.3, -0.25) is 9.59 Å². The number of hydrogen-bond acceptors (Lipinski definition) is 4. The minimum absolute atomic E-state index is 0.0210. The summed E-state index contributed by atoms with van der Waals surface area (Å²) in [6.45, 7) is 4.97. The molecule has 0 radical (unpaired) electrons. The maximum atomic E-state index is 12.3. The SMILES string of the molecule is CN1CCN(c2cc(C(N)=O)ccc2N)C(C)(C)C1=O. The van der Waals surface area contributed by atoms with E-state index in [0.29, 0.717) is 30.0 Å². The minimum atomic E-state index is -0.711. The molecule has 0 bridgehead atoms. The number of carbonyl (C=O) groups is 2. The highest BCUT2D eigenvalue weighted by atomic mass is 16.2. The number of benzene rings is 1. The van der Waals surface area contributed by atoms with Gasteiger partial charge in [-0.05, 0) is 32.0 Å². The molecule has 1 fully saturated rings. The first-order chi connectivity index (χ1) is 9.25. The topological polar surface area (TPSA) is 92.7 Å². The summed E-state index contributed by atoms with van der Waals surface area (Å²) in [6, 6.07) is 4.89. The number of primary amides is 1. The van der Waals surface area contributed by atoms with Crippen LogP contribution in [0.4, 0.5) is 11.4 Å². The molecular weight excluding hydrogens is 256 g/mol. The van der Waals surface area contributed by atoms with E-state index in [1.54, 1.807) is 30.1 Å². The van der Waals surface area contributed by atoms with Gasteiger partial charge in [-0.1, -0.05) is 0 Å². The Bertz CT molecular complexity index is 568. The molecule has 6 nitrogen and oxygen atoms in total. The summed E-state index contributed by atoms with van der Waals surface area (Å²) in [4.78, 5) is 27.3. The number of likely N-dealkylation sites (N-methyl/N-ethyl adjacent to an activating group) is 1. The maximum absolute atomic E-state index is 12.3. The molecule has 1 aliphatic heterocycles. The Morgan fingerprint density at radius 2 is 1.95 bits per heavy atom. The van der Waals surface area contributed by atoms with Crippen LogP contribution in [0.5, 0.6) is 0 Å². The van der Waals surface area contributed by atoms with E-state index in [0.717, 1.165) is 0 Å². The van der Waals surface area contributed by atoms with Crippen LogP contribution in [0.25, 0.3) is 0 Å². The lowest BCUT2D eigenvalue weighted by atomic mass is 9.96. The van der Waals surface area contributed by atoms with Gasteiger partial charge in [0.15, 0.2) is 0 Å². The summed E-state index contributed by atoms with van der Waals surface area (Å²) in [5, 5.41) is 0. The Morgan fingerprint density at radius 3 is 2.55 bits per heavy atom. The van der Waals surface area contributed by atoms with Gasteiger partial charge in [0.25, 0.3) is 0 Å². The van der Waals surface area contributed by atoms with Crippen molar-refractivity contribution in [3.8, 4) is 0 Å². The number of carbonyl (C=O) groups excluding carboxylic acids is 2. The first-order valence-electron chi connectivity index (χ1n) is 6.47. The fourth-order valence-electron chi connectivity index (χ4n) is 2.57.